The van der Waals surface area contributed by atoms with Crippen LogP contribution in [0.15, 0.2) is 59.4 Å². The first-order valence-corrected chi connectivity index (χ1v) is 9.34. The van der Waals surface area contributed by atoms with Gasteiger partial charge in [0.05, 0.1) is 2.88 Å². The number of carbonyl (C=O) groups is 1. The molecule has 3 rings (SSSR count). The smallest absolute Gasteiger partial charge is 0.261 e. The topological polar surface area (TPSA) is 62.0 Å². The number of pyridine rings is 1. The second-order valence-corrected chi connectivity index (χ2v) is 8.26. The maximum absolute atomic E-state index is 12.2. The van der Waals surface area contributed by atoms with Crippen LogP contribution in [0.5, 0.6) is 0 Å². The molecule has 2 heterocycles. The molecule has 0 unspecified atom stereocenters. The molecule has 0 bridgehead atoms. The molecule has 1 aromatic carbocycles. The molecule has 4 nitrogen and oxygen atoms in total. The van der Waals surface area contributed by atoms with E-state index in [1.807, 2.05) is 30.3 Å². The summed E-state index contributed by atoms with van der Waals surface area (Å²) in [4.78, 5) is 28.3. The van der Waals surface area contributed by atoms with Crippen molar-refractivity contribution < 1.29 is 4.79 Å². The molecule has 2 aromatic heterocycles. The van der Waals surface area contributed by atoms with E-state index in [4.69, 9.17) is 0 Å². The second-order valence-electron chi connectivity index (χ2n) is 5.19. The molecule has 0 spiro atoms. The minimum absolute atomic E-state index is 0.135. The number of H-pyrrole nitrogens is 1. The molecular weight excluding hydrogens is 435 g/mol. The summed E-state index contributed by atoms with van der Waals surface area (Å²) < 4.78 is 1.22. The lowest BCUT2D eigenvalue weighted by atomic mass is 10.1. The van der Waals surface area contributed by atoms with Crippen molar-refractivity contribution in [2.75, 3.05) is 6.54 Å². The zero-order valence-electron chi connectivity index (χ0n) is 12.7. The number of hydrogen-bond acceptors (Lipinski definition) is 3. The van der Waals surface area contributed by atoms with Gasteiger partial charge in [-0.3, -0.25) is 9.59 Å². The van der Waals surface area contributed by atoms with E-state index in [2.05, 4.69) is 45.0 Å². The standard InChI is InChI=1S/C18H15IN2O2S/c19-16-9-6-13(24-16)10-11-20-17(22)14-7-8-15(21-18(14)23)12-4-2-1-3-5-12/h1-9H,10-11H2,(H,20,22)(H,21,23). The zero-order chi connectivity index (χ0) is 16.9. The van der Waals surface area contributed by atoms with Gasteiger partial charge in [0.1, 0.15) is 5.56 Å². The van der Waals surface area contributed by atoms with Crippen molar-refractivity contribution in [2.24, 2.45) is 0 Å². The van der Waals surface area contributed by atoms with Crippen LogP contribution in [0.1, 0.15) is 15.2 Å². The second kappa shape index (κ2) is 7.76. The fourth-order valence-corrected chi connectivity index (χ4v) is 4.07. The summed E-state index contributed by atoms with van der Waals surface area (Å²) >= 11 is 3.98. The fourth-order valence-electron chi connectivity index (χ4n) is 2.32. The monoisotopic (exact) mass is 450 g/mol. The van der Waals surface area contributed by atoms with Gasteiger partial charge in [0, 0.05) is 17.1 Å². The Hall–Kier alpha value is -1.93. The van der Waals surface area contributed by atoms with E-state index in [9.17, 15) is 9.59 Å². The fraction of sp³-hybridized carbons (Fsp3) is 0.111. The van der Waals surface area contributed by atoms with Gasteiger partial charge in [-0.05, 0) is 58.8 Å². The van der Waals surface area contributed by atoms with Crippen LogP contribution in [0.4, 0.5) is 0 Å². The number of amides is 1. The van der Waals surface area contributed by atoms with Gasteiger partial charge >= 0.3 is 0 Å². The van der Waals surface area contributed by atoms with Crippen molar-refractivity contribution in [3.63, 3.8) is 0 Å². The summed E-state index contributed by atoms with van der Waals surface area (Å²) in [6.07, 6.45) is 0.763. The van der Waals surface area contributed by atoms with E-state index in [1.165, 1.54) is 7.76 Å². The van der Waals surface area contributed by atoms with Crippen molar-refractivity contribution in [1.29, 1.82) is 0 Å². The van der Waals surface area contributed by atoms with Crippen molar-refractivity contribution in [2.45, 2.75) is 6.42 Å². The van der Waals surface area contributed by atoms with Crippen LogP contribution in [0.25, 0.3) is 11.3 Å². The summed E-state index contributed by atoms with van der Waals surface area (Å²) in [5.41, 5.74) is 1.37. The Bertz CT molecular complexity index is 903. The maximum atomic E-state index is 12.2. The Morgan fingerprint density at radius 2 is 1.88 bits per heavy atom. The number of benzene rings is 1. The molecule has 0 atom stereocenters. The molecule has 1 amide bonds. The predicted octanol–water partition coefficient (Wildman–Crippen LogP) is 3.68. The van der Waals surface area contributed by atoms with Gasteiger partial charge in [-0.15, -0.1) is 11.3 Å². The first-order chi connectivity index (χ1) is 11.6. The Kier molecular flexibility index (Phi) is 5.47. The van der Waals surface area contributed by atoms with Crippen molar-refractivity contribution in [1.82, 2.24) is 10.3 Å². The number of carbonyl (C=O) groups excluding carboxylic acids is 1. The lowest BCUT2D eigenvalue weighted by Crippen LogP contribution is -2.30. The molecule has 0 saturated heterocycles. The molecule has 6 heteroatoms. The van der Waals surface area contributed by atoms with E-state index < -0.39 is 0 Å². The first-order valence-electron chi connectivity index (χ1n) is 7.44. The molecule has 0 aliphatic heterocycles. The van der Waals surface area contributed by atoms with Crippen molar-refractivity contribution in [3.05, 3.63) is 78.3 Å². The Labute approximate surface area is 157 Å². The largest absolute Gasteiger partial charge is 0.352 e. The SMILES string of the molecule is O=C(NCCc1ccc(I)s1)c1ccc(-c2ccccc2)[nH]c1=O. The third kappa shape index (κ3) is 4.12. The van der Waals surface area contributed by atoms with Gasteiger partial charge in [0.15, 0.2) is 0 Å². The number of hydrogen-bond donors (Lipinski definition) is 2. The average molecular weight is 450 g/mol. The normalized spacial score (nSPS) is 10.5. The molecule has 0 aliphatic carbocycles. The summed E-state index contributed by atoms with van der Waals surface area (Å²) in [5.74, 6) is -0.345. The number of thiophene rings is 1. The maximum Gasteiger partial charge on any atom is 0.261 e. The molecular formula is C18H15IN2O2S. The Morgan fingerprint density at radius 1 is 1.08 bits per heavy atom. The number of rotatable bonds is 5. The summed E-state index contributed by atoms with van der Waals surface area (Å²) in [6.45, 7) is 0.509. The highest BCUT2D eigenvalue weighted by molar-refractivity contribution is 14.1. The van der Waals surface area contributed by atoms with Gasteiger partial charge in [-0.2, -0.15) is 0 Å². The Balaban J connectivity index is 1.66. The van der Waals surface area contributed by atoms with E-state index in [0.29, 0.717) is 12.2 Å². The highest BCUT2D eigenvalue weighted by Gasteiger charge is 2.11. The molecule has 2 N–H and O–H groups in total. The third-order valence-electron chi connectivity index (χ3n) is 3.52. The lowest BCUT2D eigenvalue weighted by molar-refractivity contribution is 0.0952. The Morgan fingerprint density at radius 3 is 2.54 bits per heavy atom. The summed E-state index contributed by atoms with van der Waals surface area (Å²) in [6, 6.07) is 17.0. The van der Waals surface area contributed by atoms with E-state index >= 15 is 0 Å². The van der Waals surface area contributed by atoms with E-state index in [-0.39, 0.29) is 17.0 Å². The van der Waals surface area contributed by atoms with Crippen LogP contribution in [-0.4, -0.2) is 17.4 Å². The summed E-state index contributed by atoms with van der Waals surface area (Å²) in [5, 5.41) is 2.80. The van der Waals surface area contributed by atoms with E-state index in [1.54, 1.807) is 23.5 Å². The number of aromatic amines is 1. The van der Waals surface area contributed by atoms with Crippen LogP contribution in [0.2, 0.25) is 0 Å². The van der Waals surface area contributed by atoms with Gasteiger partial charge in [0.2, 0.25) is 0 Å². The van der Waals surface area contributed by atoms with Crippen LogP contribution < -0.4 is 10.9 Å². The predicted molar refractivity (Wildman–Crippen MR) is 106 cm³/mol. The van der Waals surface area contributed by atoms with Crippen LogP contribution in [0, 0.1) is 2.88 Å². The number of aromatic nitrogens is 1. The molecule has 3 aromatic rings. The first kappa shape index (κ1) is 16.9. The molecule has 0 radical (unpaired) electrons. The molecule has 0 aliphatic rings. The van der Waals surface area contributed by atoms with E-state index in [0.717, 1.165) is 12.0 Å². The van der Waals surface area contributed by atoms with Crippen molar-refractivity contribution >= 4 is 39.8 Å². The van der Waals surface area contributed by atoms with Gasteiger partial charge in [-0.1, -0.05) is 30.3 Å². The minimum Gasteiger partial charge on any atom is -0.352 e. The van der Waals surface area contributed by atoms with Crippen molar-refractivity contribution in [3.8, 4) is 11.3 Å². The van der Waals surface area contributed by atoms with Gasteiger partial charge in [0.25, 0.3) is 11.5 Å². The minimum atomic E-state index is -0.375. The summed E-state index contributed by atoms with van der Waals surface area (Å²) in [7, 11) is 0. The quantitative estimate of drug-likeness (QED) is 0.583. The molecule has 24 heavy (non-hydrogen) atoms. The third-order valence-corrected chi connectivity index (χ3v) is 5.48. The zero-order valence-corrected chi connectivity index (χ0v) is 15.7. The highest BCUT2D eigenvalue weighted by atomic mass is 127. The van der Waals surface area contributed by atoms with Gasteiger partial charge < -0.3 is 10.3 Å². The molecule has 122 valence electrons. The highest BCUT2D eigenvalue weighted by Crippen LogP contribution is 2.18. The lowest BCUT2D eigenvalue weighted by Gasteiger charge is -2.06. The van der Waals surface area contributed by atoms with Crippen LogP contribution in [-0.2, 0) is 6.42 Å². The van der Waals surface area contributed by atoms with Gasteiger partial charge in [-0.25, -0.2) is 0 Å². The van der Waals surface area contributed by atoms with Crippen LogP contribution in [0.3, 0.4) is 0 Å². The molecule has 0 fully saturated rings. The number of halogens is 1. The molecule has 0 saturated carbocycles. The number of nitrogens with one attached hydrogen (secondary N) is 2. The average Bonchev–Trinajstić information content (AvgIpc) is 3.00. The van der Waals surface area contributed by atoms with Crippen LogP contribution >= 0.6 is 33.9 Å².